The van der Waals surface area contributed by atoms with Crippen LogP contribution in [0.25, 0.3) is 6.08 Å². The molecule has 1 fully saturated rings. The molecule has 2 aliphatic heterocycles. The van der Waals surface area contributed by atoms with Crippen LogP contribution in [0, 0.1) is 0 Å². The van der Waals surface area contributed by atoms with Crippen molar-refractivity contribution in [1.29, 1.82) is 0 Å². The fraction of sp³-hybridized carbons (Fsp3) is 0.286. The molecule has 2 heterocycles. The summed E-state index contributed by atoms with van der Waals surface area (Å²) >= 11 is 12.3. The molecule has 1 atom stereocenters. The van der Waals surface area contributed by atoms with Gasteiger partial charge in [-0.1, -0.05) is 67.4 Å². The summed E-state index contributed by atoms with van der Waals surface area (Å²) in [6.45, 7) is 5.03. The summed E-state index contributed by atoms with van der Waals surface area (Å²) in [6.07, 6.45) is 4.53. The summed E-state index contributed by atoms with van der Waals surface area (Å²) in [5, 5.41) is 4.45. The molecule has 4 rings (SSSR count). The average molecular weight is 387 g/mol. The van der Waals surface area contributed by atoms with Crippen molar-refractivity contribution >= 4 is 40.9 Å². The van der Waals surface area contributed by atoms with E-state index >= 15 is 0 Å². The SMILES string of the molecule is CC1(C)c2ccccc2N2CCC(=O)NC21/C=C/c1ccc(Cl)cc1Cl. The third kappa shape index (κ3) is 2.45. The molecule has 1 saturated heterocycles. The minimum absolute atomic E-state index is 0.0639. The van der Waals surface area contributed by atoms with Crippen LogP contribution in [0.5, 0.6) is 0 Å². The van der Waals surface area contributed by atoms with Crippen LogP contribution in [0.4, 0.5) is 5.69 Å². The Morgan fingerprint density at radius 2 is 1.92 bits per heavy atom. The van der Waals surface area contributed by atoms with E-state index < -0.39 is 5.66 Å². The molecule has 1 N–H and O–H groups in total. The van der Waals surface area contributed by atoms with Crippen molar-refractivity contribution in [2.45, 2.75) is 31.3 Å². The van der Waals surface area contributed by atoms with Crippen LogP contribution in [0.1, 0.15) is 31.4 Å². The van der Waals surface area contributed by atoms with Gasteiger partial charge in [0.15, 0.2) is 0 Å². The van der Waals surface area contributed by atoms with Crippen molar-refractivity contribution in [3.05, 3.63) is 69.7 Å². The van der Waals surface area contributed by atoms with E-state index in [0.717, 1.165) is 5.56 Å². The number of anilines is 1. The number of carbonyl (C=O) groups is 1. The second kappa shape index (κ2) is 6.04. The van der Waals surface area contributed by atoms with E-state index in [1.165, 1.54) is 11.3 Å². The minimum Gasteiger partial charge on any atom is -0.344 e. The highest BCUT2D eigenvalue weighted by Gasteiger charge is 2.57. The Labute approximate surface area is 163 Å². The second-order valence-corrected chi connectivity index (χ2v) is 8.20. The Bertz CT molecular complexity index is 922. The number of benzene rings is 2. The van der Waals surface area contributed by atoms with E-state index in [1.54, 1.807) is 6.07 Å². The number of rotatable bonds is 2. The molecule has 0 radical (unpaired) electrons. The van der Waals surface area contributed by atoms with E-state index in [2.05, 4.69) is 42.3 Å². The van der Waals surface area contributed by atoms with Gasteiger partial charge in [0.25, 0.3) is 0 Å². The number of para-hydroxylation sites is 1. The molecular weight excluding hydrogens is 367 g/mol. The molecule has 2 aromatic rings. The maximum absolute atomic E-state index is 12.4. The summed E-state index contributed by atoms with van der Waals surface area (Å²) in [5.41, 5.74) is 2.35. The number of halogens is 2. The maximum atomic E-state index is 12.4. The number of nitrogens with zero attached hydrogens (tertiary/aromatic N) is 1. The van der Waals surface area contributed by atoms with Crippen molar-refractivity contribution in [1.82, 2.24) is 5.32 Å². The second-order valence-electron chi connectivity index (χ2n) is 7.36. The van der Waals surface area contributed by atoms with E-state index in [9.17, 15) is 4.79 Å². The maximum Gasteiger partial charge on any atom is 0.223 e. The van der Waals surface area contributed by atoms with Crippen LogP contribution in [-0.2, 0) is 10.2 Å². The van der Waals surface area contributed by atoms with Gasteiger partial charge in [-0.2, -0.15) is 0 Å². The van der Waals surface area contributed by atoms with Gasteiger partial charge >= 0.3 is 0 Å². The zero-order valence-corrected chi connectivity index (χ0v) is 16.2. The van der Waals surface area contributed by atoms with Gasteiger partial charge in [0.2, 0.25) is 5.91 Å². The van der Waals surface area contributed by atoms with Crippen molar-refractivity contribution in [3.63, 3.8) is 0 Å². The first-order valence-electron chi connectivity index (χ1n) is 8.68. The Hall–Kier alpha value is -1.97. The van der Waals surface area contributed by atoms with Crippen LogP contribution >= 0.6 is 23.2 Å². The van der Waals surface area contributed by atoms with Gasteiger partial charge in [-0.25, -0.2) is 0 Å². The molecule has 0 bridgehead atoms. The van der Waals surface area contributed by atoms with Gasteiger partial charge < -0.3 is 10.2 Å². The lowest BCUT2D eigenvalue weighted by Gasteiger charge is -2.49. The Balaban J connectivity index is 1.85. The number of nitrogens with one attached hydrogen (secondary N) is 1. The van der Waals surface area contributed by atoms with Crippen LogP contribution < -0.4 is 10.2 Å². The molecular formula is C21H20Cl2N2O. The van der Waals surface area contributed by atoms with E-state index in [0.29, 0.717) is 23.0 Å². The first-order valence-corrected chi connectivity index (χ1v) is 9.43. The Morgan fingerprint density at radius 3 is 2.69 bits per heavy atom. The zero-order chi connectivity index (χ0) is 18.5. The molecule has 1 unspecified atom stereocenters. The van der Waals surface area contributed by atoms with Gasteiger partial charge in [0, 0.05) is 34.1 Å². The van der Waals surface area contributed by atoms with Crippen molar-refractivity contribution in [2.24, 2.45) is 0 Å². The van der Waals surface area contributed by atoms with Crippen LogP contribution in [-0.4, -0.2) is 18.1 Å². The molecule has 5 heteroatoms. The highest BCUT2D eigenvalue weighted by atomic mass is 35.5. The lowest BCUT2D eigenvalue weighted by atomic mass is 9.74. The minimum atomic E-state index is -0.630. The first kappa shape index (κ1) is 17.4. The molecule has 0 aromatic heterocycles. The van der Waals surface area contributed by atoms with Crippen molar-refractivity contribution in [2.75, 3.05) is 11.4 Å². The van der Waals surface area contributed by atoms with E-state index in [1.807, 2.05) is 30.3 Å². The van der Waals surface area contributed by atoms with Crippen LogP contribution in [0.3, 0.4) is 0 Å². The van der Waals surface area contributed by atoms with E-state index in [4.69, 9.17) is 23.2 Å². The first-order chi connectivity index (χ1) is 12.3. The lowest BCUT2D eigenvalue weighted by Crippen LogP contribution is -2.68. The number of fused-ring (bicyclic) bond motifs is 3. The monoisotopic (exact) mass is 386 g/mol. The van der Waals surface area contributed by atoms with Gasteiger partial charge in [0.1, 0.15) is 5.66 Å². The topological polar surface area (TPSA) is 32.3 Å². The molecule has 0 aliphatic carbocycles. The lowest BCUT2D eigenvalue weighted by molar-refractivity contribution is -0.124. The van der Waals surface area contributed by atoms with Crippen molar-refractivity contribution < 1.29 is 4.79 Å². The standard InChI is InChI=1S/C21H20Cl2N2O/c1-20(2)16-5-3-4-6-18(16)25-12-10-19(26)24-21(20,25)11-9-14-7-8-15(22)13-17(14)23/h3-9,11,13H,10,12H2,1-2H3,(H,24,26)/b11-9+. The summed E-state index contributed by atoms with van der Waals surface area (Å²) in [6, 6.07) is 13.8. The highest BCUT2D eigenvalue weighted by molar-refractivity contribution is 6.35. The number of amides is 1. The van der Waals surface area contributed by atoms with Gasteiger partial charge in [-0.15, -0.1) is 0 Å². The molecule has 3 nitrogen and oxygen atoms in total. The molecule has 134 valence electrons. The molecule has 0 spiro atoms. The van der Waals surface area contributed by atoms with Crippen LogP contribution in [0.15, 0.2) is 48.5 Å². The fourth-order valence-corrected chi connectivity index (χ4v) is 4.64. The largest absolute Gasteiger partial charge is 0.344 e. The van der Waals surface area contributed by atoms with Crippen LogP contribution in [0.2, 0.25) is 10.0 Å². The fourth-order valence-electron chi connectivity index (χ4n) is 4.17. The number of carbonyl (C=O) groups excluding carboxylic acids is 1. The predicted octanol–water partition coefficient (Wildman–Crippen LogP) is 5.02. The quantitative estimate of drug-likeness (QED) is 0.785. The summed E-state index contributed by atoms with van der Waals surface area (Å²) in [4.78, 5) is 14.7. The third-order valence-corrected chi connectivity index (χ3v) is 6.17. The smallest absolute Gasteiger partial charge is 0.223 e. The van der Waals surface area contributed by atoms with Gasteiger partial charge in [0.05, 0.1) is 0 Å². The van der Waals surface area contributed by atoms with Crippen molar-refractivity contribution in [3.8, 4) is 0 Å². The van der Waals surface area contributed by atoms with E-state index in [-0.39, 0.29) is 11.3 Å². The Kier molecular flexibility index (Phi) is 4.05. The summed E-state index contributed by atoms with van der Waals surface area (Å²) in [5.74, 6) is 0.0639. The summed E-state index contributed by atoms with van der Waals surface area (Å²) < 4.78 is 0. The normalized spacial score (nSPS) is 23.7. The van der Waals surface area contributed by atoms with Gasteiger partial charge in [-0.05, 0) is 35.4 Å². The third-order valence-electron chi connectivity index (χ3n) is 5.61. The highest BCUT2D eigenvalue weighted by Crippen LogP contribution is 2.52. The molecule has 2 aromatic carbocycles. The van der Waals surface area contributed by atoms with Gasteiger partial charge in [-0.3, -0.25) is 4.79 Å². The zero-order valence-electron chi connectivity index (χ0n) is 14.7. The predicted molar refractivity (Wildman–Crippen MR) is 108 cm³/mol. The molecule has 2 aliphatic rings. The number of hydrogen-bond donors (Lipinski definition) is 1. The Morgan fingerprint density at radius 1 is 1.15 bits per heavy atom. The molecule has 26 heavy (non-hydrogen) atoms. The summed E-state index contributed by atoms with van der Waals surface area (Å²) in [7, 11) is 0. The molecule has 1 amide bonds. The molecule has 0 saturated carbocycles. The average Bonchev–Trinajstić information content (AvgIpc) is 2.79. The number of hydrogen-bond acceptors (Lipinski definition) is 2.